The summed E-state index contributed by atoms with van der Waals surface area (Å²) in [6, 6.07) is 0. The van der Waals surface area contributed by atoms with E-state index in [1.807, 2.05) is 13.8 Å². The Morgan fingerprint density at radius 1 is 1.47 bits per heavy atom. The summed E-state index contributed by atoms with van der Waals surface area (Å²) in [4.78, 5) is 20.3. The van der Waals surface area contributed by atoms with E-state index in [1.165, 1.54) is 0 Å². The van der Waals surface area contributed by atoms with Crippen LogP contribution in [-0.2, 0) is 6.42 Å². The lowest BCUT2D eigenvalue weighted by Gasteiger charge is -2.13. The molecule has 0 saturated carbocycles. The minimum absolute atomic E-state index is 0.139. The fraction of sp³-hybridized carbons (Fsp3) is 0.600. The molecule has 0 bridgehead atoms. The molecule has 3 N–H and O–H groups in total. The van der Waals surface area contributed by atoms with Crippen LogP contribution in [0.1, 0.15) is 19.4 Å². The van der Waals surface area contributed by atoms with Gasteiger partial charge in [0.1, 0.15) is 5.82 Å². The van der Waals surface area contributed by atoms with Crippen molar-refractivity contribution in [3.05, 3.63) is 15.9 Å². The molecule has 0 atom stereocenters. The van der Waals surface area contributed by atoms with Crippen LogP contribution in [0.5, 0.6) is 0 Å². The molecule has 5 heteroatoms. The summed E-state index contributed by atoms with van der Waals surface area (Å²) >= 11 is 0. The lowest BCUT2D eigenvalue weighted by Crippen LogP contribution is -2.24. The van der Waals surface area contributed by atoms with Gasteiger partial charge in [0.25, 0.3) is 5.56 Å². The predicted octanol–water partition coefficient (Wildman–Crippen LogP) is 0.617. The molecule has 1 aromatic heterocycles. The molecule has 0 aliphatic heterocycles. The summed E-state index contributed by atoms with van der Waals surface area (Å²) < 4.78 is 0. The largest absolute Gasteiger partial charge is 0.383 e. The SMILES string of the molecule is CC(C)Cc1c(N)nc(N(C)C)[nH]c1=O. The number of aromatic amines is 1. The fourth-order valence-electron chi connectivity index (χ4n) is 1.32. The molecule has 0 unspecified atom stereocenters. The zero-order chi connectivity index (χ0) is 11.6. The van der Waals surface area contributed by atoms with Crippen molar-refractivity contribution in [1.82, 2.24) is 9.97 Å². The number of nitrogens with zero attached hydrogens (tertiary/aromatic N) is 2. The van der Waals surface area contributed by atoms with E-state index in [1.54, 1.807) is 19.0 Å². The second-order valence-electron chi connectivity index (χ2n) is 4.25. The van der Waals surface area contributed by atoms with Crippen molar-refractivity contribution >= 4 is 11.8 Å². The van der Waals surface area contributed by atoms with Crippen LogP contribution in [0, 0.1) is 5.92 Å². The molecule has 84 valence electrons. The molecule has 0 amide bonds. The first-order chi connectivity index (χ1) is 6.91. The van der Waals surface area contributed by atoms with Crippen molar-refractivity contribution < 1.29 is 0 Å². The van der Waals surface area contributed by atoms with E-state index in [-0.39, 0.29) is 5.56 Å². The van der Waals surface area contributed by atoms with Crippen LogP contribution in [0.2, 0.25) is 0 Å². The van der Waals surface area contributed by atoms with Gasteiger partial charge in [0, 0.05) is 14.1 Å². The molecule has 0 spiro atoms. The van der Waals surface area contributed by atoms with Gasteiger partial charge in [-0.25, -0.2) is 0 Å². The topological polar surface area (TPSA) is 75.0 Å². The molecule has 1 rings (SSSR count). The van der Waals surface area contributed by atoms with Gasteiger partial charge in [-0.2, -0.15) is 4.98 Å². The van der Waals surface area contributed by atoms with E-state index in [4.69, 9.17) is 5.73 Å². The van der Waals surface area contributed by atoms with Gasteiger partial charge in [0.15, 0.2) is 0 Å². The van der Waals surface area contributed by atoms with E-state index < -0.39 is 0 Å². The summed E-state index contributed by atoms with van der Waals surface area (Å²) in [5, 5.41) is 0. The van der Waals surface area contributed by atoms with Gasteiger partial charge >= 0.3 is 0 Å². The van der Waals surface area contributed by atoms with Crippen molar-refractivity contribution in [2.45, 2.75) is 20.3 Å². The number of H-pyrrole nitrogens is 1. The molecule has 1 aromatic rings. The molecule has 1 heterocycles. The standard InChI is InChI=1S/C10H18N4O/c1-6(2)5-7-8(11)12-10(14(3)4)13-9(7)15/h6H,5H2,1-4H3,(H3,11,12,13,15). The first-order valence-electron chi connectivity index (χ1n) is 4.97. The lowest BCUT2D eigenvalue weighted by atomic mass is 10.1. The monoisotopic (exact) mass is 210 g/mol. The number of hydrogen-bond acceptors (Lipinski definition) is 4. The third kappa shape index (κ3) is 2.71. The van der Waals surface area contributed by atoms with Crippen LogP contribution in [-0.4, -0.2) is 24.1 Å². The highest BCUT2D eigenvalue weighted by Gasteiger charge is 2.11. The van der Waals surface area contributed by atoms with Gasteiger partial charge in [-0.3, -0.25) is 9.78 Å². The Labute approximate surface area is 89.3 Å². The Morgan fingerprint density at radius 2 is 2.07 bits per heavy atom. The third-order valence-corrected chi connectivity index (χ3v) is 2.07. The van der Waals surface area contributed by atoms with Crippen LogP contribution in [0.3, 0.4) is 0 Å². The number of anilines is 2. The minimum Gasteiger partial charge on any atom is -0.383 e. The van der Waals surface area contributed by atoms with Gasteiger partial charge in [0.05, 0.1) is 5.56 Å². The van der Waals surface area contributed by atoms with E-state index in [0.29, 0.717) is 29.7 Å². The van der Waals surface area contributed by atoms with Gasteiger partial charge < -0.3 is 10.6 Å². The highest BCUT2D eigenvalue weighted by atomic mass is 16.1. The van der Waals surface area contributed by atoms with E-state index in [0.717, 1.165) is 0 Å². The molecular weight excluding hydrogens is 192 g/mol. The van der Waals surface area contributed by atoms with E-state index in [9.17, 15) is 4.79 Å². The quantitative estimate of drug-likeness (QED) is 0.766. The number of hydrogen-bond donors (Lipinski definition) is 2. The molecule has 0 aliphatic rings. The summed E-state index contributed by atoms with van der Waals surface area (Å²) in [6.07, 6.45) is 0.655. The zero-order valence-electron chi connectivity index (χ0n) is 9.66. The van der Waals surface area contributed by atoms with Crippen molar-refractivity contribution in [1.29, 1.82) is 0 Å². The number of nitrogens with two attached hydrogens (primary N) is 1. The molecule has 5 nitrogen and oxygen atoms in total. The smallest absolute Gasteiger partial charge is 0.257 e. The number of rotatable bonds is 3. The van der Waals surface area contributed by atoms with Crippen molar-refractivity contribution in [2.24, 2.45) is 5.92 Å². The van der Waals surface area contributed by atoms with Gasteiger partial charge in [-0.15, -0.1) is 0 Å². The summed E-state index contributed by atoms with van der Waals surface area (Å²) in [7, 11) is 3.61. The second kappa shape index (κ2) is 4.33. The van der Waals surface area contributed by atoms with Crippen molar-refractivity contribution in [3.8, 4) is 0 Å². The highest BCUT2D eigenvalue weighted by molar-refractivity contribution is 5.43. The Morgan fingerprint density at radius 3 is 2.47 bits per heavy atom. The summed E-state index contributed by atoms with van der Waals surface area (Å²) in [6.45, 7) is 4.08. The molecule has 0 aromatic carbocycles. The Kier molecular flexibility index (Phi) is 3.34. The number of aromatic nitrogens is 2. The Balaban J connectivity index is 3.16. The van der Waals surface area contributed by atoms with E-state index >= 15 is 0 Å². The minimum atomic E-state index is -0.139. The maximum absolute atomic E-state index is 11.7. The predicted molar refractivity (Wildman–Crippen MR) is 62.1 cm³/mol. The second-order valence-corrected chi connectivity index (χ2v) is 4.25. The summed E-state index contributed by atoms with van der Waals surface area (Å²) in [5.41, 5.74) is 6.19. The van der Waals surface area contributed by atoms with Gasteiger partial charge in [-0.05, 0) is 12.3 Å². The summed E-state index contributed by atoms with van der Waals surface area (Å²) in [5.74, 6) is 1.21. The van der Waals surface area contributed by atoms with E-state index in [2.05, 4.69) is 9.97 Å². The molecular formula is C10H18N4O. The van der Waals surface area contributed by atoms with Crippen LogP contribution in [0.15, 0.2) is 4.79 Å². The molecule has 0 aliphatic carbocycles. The molecule has 0 fully saturated rings. The Bertz CT molecular complexity index is 395. The zero-order valence-corrected chi connectivity index (χ0v) is 9.66. The van der Waals surface area contributed by atoms with Crippen LogP contribution >= 0.6 is 0 Å². The van der Waals surface area contributed by atoms with Crippen molar-refractivity contribution in [2.75, 3.05) is 24.7 Å². The normalized spacial score (nSPS) is 10.7. The van der Waals surface area contributed by atoms with Crippen LogP contribution < -0.4 is 16.2 Å². The first-order valence-corrected chi connectivity index (χ1v) is 4.97. The molecule has 15 heavy (non-hydrogen) atoms. The van der Waals surface area contributed by atoms with Crippen LogP contribution in [0.25, 0.3) is 0 Å². The van der Waals surface area contributed by atoms with Gasteiger partial charge in [-0.1, -0.05) is 13.8 Å². The number of nitrogen functional groups attached to an aromatic ring is 1. The molecule has 0 saturated heterocycles. The molecule has 0 radical (unpaired) electrons. The van der Waals surface area contributed by atoms with Crippen LogP contribution in [0.4, 0.5) is 11.8 Å². The third-order valence-electron chi connectivity index (χ3n) is 2.07. The maximum Gasteiger partial charge on any atom is 0.257 e. The number of nitrogens with one attached hydrogen (secondary N) is 1. The van der Waals surface area contributed by atoms with Gasteiger partial charge in [0.2, 0.25) is 5.95 Å². The highest BCUT2D eigenvalue weighted by Crippen LogP contribution is 2.11. The van der Waals surface area contributed by atoms with Crippen molar-refractivity contribution in [3.63, 3.8) is 0 Å². The maximum atomic E-state index is 11.7. The Hall–Kier alpha value is -1.52. The average molecular weight is 210 g/mol. The average Bonchev–Trinajstić information content (AvgIpc) is 2.10. The first kappa shape index (κ1) is 11.6. The fourth-order valence-corrected chi connectivity index (χ4v) is 1.32. The lowest BCUT2D eigenvalue weighted by molar-refractivity contribution is 0.641.